The molecule has 0 fully saturated rings. The van der Waals surface area contributed by atoms with Crippen LogP contribution < -0.4 is 10.9 Å². The molecule has 0 aromatic carbocycles. The van der Waals surface area contributed by atoms with Crippen LogP contribution in [-0.2, 0) is 6.54 Å². The van der Waals surface area contributed by atoms with E-state index in [1.165, 1.54) is 23.5 Å². The van der Waals surface area contributed by atoms with Crippen molar-refractivity contribution < 1.29 is 4.79 Å². The summed E-state index contributed by atoms with van der Waals surface area (Å²) in [5, 5.41) is 10.5. The van der Waals surface area contributed by atoms with Crippen LogP contribution in [0.4, 0.5) is 0 Å². The Hall–Kier alpha value is -2.48. The quantitative estimate of drug-likeness (QED) is 0.724. The van der Waals surface area contributed by atoms with Gasteiger partial charge < -0.3 is 5.32 Å². The number of hydrogen-bond donors (Lipinski definition) is 2. The first-order valence-corrected chi connectivity index (χ1v) is 6.35. The molecule has 1 amide bonds. The summed E-state index contributed by atoms with van der Waals surface area (Å²) in [6.45, 7) is 0.314. The lowest BCUT2D eigenvalue weighted by atomic mass is 10.3. The maximum Gasteiger partial charge on any atom is 0.272 e. The van der Waals surface area contributed by atoms with Crippen LogP contribution in [0, 0.1) is 0 Å². The number of amides is 1. The Morgan fingerprint density at radius 3 is 3.11 bits per heavy atom. The minimum Gasteiger partial charge on any atom is -0.345 e. The molecular formula is C11H9N5O2S. The molecule has 0 radical (unpaired) electrons. The van der Waals surface area contributed by atoms with E-state index in [9.17, 15) is 9.59 Å². The van der Waals surface area contributed by atoms with Crippen molar-refractivity contribution in [2.45, 2.75) is 6.54 Å². The van der Waals surface area contributed by atoms with Crippen molar-refractivity contribution in [3.8, 4) is 0 Å². The molecule has 8 heteroatoms. The van der Waals surface area contributed by atoms with Gasteiger partial charge in [0.2, 0.25) is 0 Å². The van der Waals surface area contributed by atoms with Crippen LogP contribution in [0.3, 0.4) is 0 Å². The van der Waals surface area contributed by atoms with Gasteiger partial charge in [-0.25, -0.2) is 10.1 Å². The highest BCUT2D eigenvalue weighted by Crippen LogP contribution is 2.11. The largest absolute Gasteiger partial charge is 0.345 e. The Labute approximate surface area is 110 Å². The Bertz CT molecular complexity index is 739. The SMILES string of the molecule is O=C(NCc1cn2ccsc2n1)c1ccc(=O)[nH]n1. The van der Waals surface area contributed by atoms with Gasteiger partial charge in [0.25, 0.3) is 11.5 Å². The predicted molar refractivity (Wildman–Crippen MR) is 69.1 cm³/mol. The van der Waals surface area contributed by atoms with E-state index in [-0.39, 0.29) is 17.2 Å². The van der Waals surface area contributed by atoms with Gasteiger partial charge in [0.05, 0.1) is 12.2 Å². The summed E-state index contributed by atoms with van der Waals surface area (Å²) in [4.78, 5) is 27.8. The van der Waals surface area contributed by atoms with Crippen molar-refractivity contribution >= 4 is 22.2 Å². The summed E-state index contributed by atoms with van der Waals surface area (Å²) in [7, 11) is 0. The second-order valence-corrected chi connectivity index (χ2v) is 4.69. The highest BCUT2D eigenvalue weighted by molar-refractivity contribution is 7.15. The van der Waals surface area contributed by atoms with E-state index in [2.05, 4.69) is 20.5 Å². The van der Waals surface area contributed by atoms with Crippen LogP contribution in [0.2, 0.25) is 0 Å². The zero-order chi connectivity index (χ0) is 13.2. The summed E-state index contributed by atoms with van der Waals surface area (Å²) in [5.74, 6) is -0.354. The average molecular weight is 275 g/mol. The molecule has 3 rings (SSSR count). The Morgan fingerprint density at radius 2 is 2.37 bits per heavy atom. The molecule has 2 N–H and O–H groups in total. The Kier molecular flexibility index (Phi) is 2.84. The molecule has 0 aliphatic rings. The van der Waals surface area contributed by atoms with Crippen LogP contribution in [-0.4, -0.2) is 25.5 Å². The molecule has 7 nitrogen and oxygen atoms in total. The van der Waals surface area contributed by atoms with E-state index in [1.807, 2.05) is 22.2 Å². The molecule has 0 spiro atoms. The summed E-state index contributed by atoms with van der Waals surface area (Å²) in [6.07, 6.45) is 3.76. The Balaban J connectivity index is 1.68. The minimum absolute atomic E-state index is 0.167. The smallest absolute Gasteiger partial charge is 0.272 e. The van der Waals surface area contributed by atoms with Gasteiger partial charge in [0.1, 0.15) is 5.69 Å². The fourth-order valence-electron chi connectivity index (χ4n) is 1.59. The lowest BCUT2D eigenvalue weighted by Crippen LogP contribution is -2.25. The molecule has 3 aromatic rings. The van der Waals surface area contributed by atoms with E-state index >= 15 is 0 Å². The lowest BCUT2D eigenvalue weighted by molar-refractivity contribution is 0.0944. The summed E-state index contributed by atoms with van der Waals surface area (Å²) in [6, 6.07) is 2.63. The maximum absolute atomic E-state index is 11.8. The summed E-state index contributed by atoms with van der Waals surface area (Å²) < 4.78 is 1.89. The van der Waals surface area contributed by atoms with Crippen LogP contribution in [0.5, 0.6) is 0 Å². The van der Waals surface area contributed by atoms with Crippen molar-refractivity contribution in [2.75, 3.05) is 0 Å². The van der Waals surface area contributed by atoms with Crippen molar-refractivity contribution in [3.63, 3.8) is 0 Å². The highest BCUT2D eigenvalue weighted by Gasteiger charge is 2.08. The first-order valence-electron chi connectivity index (χ1n) is 5.47. The van der Waals surface area contributed by atoms with Gasteiger partial charge in [-0.3, -0.25) is 14.0 Å². The molecule has 0 unspecified atom stereocenters. The van der Waals surface area contributed by atoms with Gasteiger partial charge in [-0.2, -0.15) is 5.10 Å². The number of H-pyrrole nitrogens is 1. The number of aromatic nitrogens is 4. The molecule has 96 valence electrons. The highest BCUT2D eigenvalue weighted by atomic mass is 32.1. The van der Waals surface area contributed by atoms with E-state index < -0.39 is 0 Å². The van der Waals surface area contributed by atoms with E-state index in [4.69, 9.17) is 0 Å². The van der Waals surface area contributed by atoms with Gasteiger partial charge in [-0.1, -0.05) is 0 Å². The fourth-order valence-corrected chi connectivity index (χ4v) is 2.31. The second-order valence-electron chi connectivity index (χ2n) is 3.81. The number of thiazole rings is 1. The van der Waals surface area contributed by atoms with Crippen molar-refractivity contribution in [2.24, 2.45) is 0 Å². The molecule has 0 bridgehead atoms. The van der Waals surface area contributed by atoms with Gasteiger partial charge in [0.15, 0.2) is 4.96 Å². The minimum atomic E-state index is -0.354. The van der Waals surface area contributed by atoms with Gasteiger partial charge >= 0.3 is 0 Å². The van der Waals surface area contributed by atoms with Crippen molar-refractivity contribution in [3.05, 3.63) is 51.6 Å². The van der Waals surface area contributed by atoms with Gasteiger partial charge in [0, 0.05) is 23.8 Å². The monoisotopic (exact) mass is 275 g/mol. The van der Waals surface area contributed by atoms with E-state index in [0.29, 0.717) is 6.54 Å². The van der Waals surface area contributed by atoms with Crippen molar-refractivity contribution in [1.82, 2.24) is 24.9 Å². The normalized spacial score (nSPS) is 10.7. The molecular weight excluding hydrogens is 266 g/mol. The molecule has 0 atom stereocenters. The zero-order valence-electron chi connectivity index (χ0n) is 9.66. The second kappa shape index (κ2) is 4.65. The average Bonchev–Trinajstić information content (AvgIpc) is 2.97. The summed E-state index contributed by atoms with van der Waals surface area (Å²) >= 11 is 1.53. The number of rotatable bonds is 3. The fraction of sp³-hybridized carbons (Fsp3) is 0.0909. The third-order valence-corrected chi connectivity index (χ3v) is 3.26. The number of aromatic amines is 1. The van der Waals surface area contributed by atoms with Crippen molar-refractivity contribution in [1.29, 1.82) is 0 Å². The van der Waals surface area contributed by atoms with Crippen LogP contribution in [0.15, 0.2) is 34.7 Å². The van der Waals surface area contributed by atoms with Gasteiger partial charge in [-0.15, -0.1) is 11.3 Å². The Morgan fingerprint density at radius 1 is 1.47 bits per heavy atom. The van der Waals surface area contributed by atoms with Crippen LogP contribution in [0.1, 0.15) is 16.2 Å². The number of imidazole rings is 1. The molecule has 0 saturated heterocycles. The van der Waals surface area contributed by atoms with E-state index in [0.717, 1.165) is 10.7 Å². The first-order chi connectivity index (χ1) is 9.22. The summed E-state index contributed by atoms with van der Waals surface area (Å²) in [5.41, 5.74) is 0.594. The first kappa shape index (κ1) is 11.6. The third kappa shape index (κ3) is 2.38. The predicted octanol–water partition coefficient (Wildman–Crippen LogP) is 0.409. The third-order valence-electron chi connectivity index (χ3n) is 2.48. The number of carbonyl (C=O) groups excluding carboxylic acids is 1. The standard InChI is InChI=1S/C11H9N5O2S/c17-9-2-1-8(14-15-9)10(18)12-5-7-6-16-3-4-19-11(16)13-7/h1-4,6H,5H2,(H,12,18)(H,15,17). The van der Waals surface area contributed by atoms with Crippen LogP contribution >= 0.6 is 11.3 Å². The molecule has 19 heavy (non-hydrogen) atoms. The number of hydrogen-bond acceptors (Lipinski definition) is 5. The zero-order valence-corrected chi connectivity index (χ0v) is 10.5. The molecule has 0 aliphatic carbocycles. The molecule has 3 heterocycles. The van der Waals surface area contributed by atoms with Crippen LogP contribution in [0.25, 0.3) is 4.96 Å². The number of fused-ring (bicyclic) bond motifs is 1. The number of nitrogens with zero attached hydrogens (tertiary/aromatic N) is 3. The number of carbonyl (C=O) groups is 1. The maximum atomic E-state index is 11.8. The molecule has 0 aliphatic heterocycles. The molecule has 3 aromatic heterocycles. The lowest BCUT2D eigenvalue weighted by Gasteiger charge is -2.01. The number of nitrogens with one attached hydrogen (secondary N) is 2. The van der Waals surface area contributed by atoms with Gasteiger partial charge in [-0.05, 0) is 6.07 Å². The van der Waals surface area contributed by atoms with E-state index in [1.54, 1.807) is 0 Å². The topological polar surface area (TPSA) is 92.2 Å². The molecule has 0 saturated carbocycles.